The number of carbonyl (C=O) groups excluding carboxylic acids is 2. The van der Waals surface area contributed by atoms with Gasteiger partial charge in [-0.3, -0.25) is 9.78 Å². The fraction of sp³-hybridized carbons (Fsp3) is 0.188. The Balaban J connectivity index is 1.87. The zero-order valence-corrected chi connectivity index (χ0v) is 11.6. The number of nitrogens with zero attached hydrogens (tertiary/aromatic N) is 3. The summed E-state index contributed by atoms with van der Waals surface area (Å²) in [6.07, 6.45) is 3.14. The Kier molecular flexibility index (Phi) is 3.39. The molecule has 1 atom stereocenters. The molecule has 2 heterocycles. The highest BCUT2D eigenvalue weighted by Crippen LogP contribution is 2.28. The quantitative estimate of drug-likeness (QED) is 0.813. The van der Waals surface area contributed by atoms with E-state index < -0.39 is 0 Å². The molecule has 1 aliphatic heterocycles. The molecule has 1 aliphatic rings. The van der Waals surface area contributed by atoms with Crippen molar-refractivity contribution in [2.75, 3.05) is 11.4 Å². The number of hydrogen-bond donors (Lipinski definition) is 0. The first kappa shape index (κ1) is 13.3. The second-order valence-electron chi connectivity index (χ2n) is 4.93. The third kappa shape index (κ3) is 2.38. The Morgan fingerprint density at radius 2 is 1.71 bits per heavy atom. The molecule has 21 heavy (non-hydrogen) atoms. The molecule has 1 aromatic carbocycles. The molecule has 106 valence electrons. The lowest BCUT2D eigenvalue weighted by Crippen LogP contribution is -2.34. The van der Waals surface area contributed by atoms with Gasteiger partial charge in [0, 0.05) is 12.4 Å². The molecule has 0 spiro atoms. The maximum absolute atomic E-state index is 12.5. The highest BCUT2D eigenvalue weighted by Gasteiger charge is 2.39. The molecule has 0 bridgehead atoms. The molecular weight excluding hydrogens is 266 g/mol. The summed E-state index contributed by atoms with van der Waals surface area (Å²) in [5, 5.41) is 0. The Morgan fingerprint density at radius 1 is 1.05 bits per heavy atom. The van der Waals surface area contributed by atoms with Crippen molar-refractivity contribution in [2.45, 2.75) is 13.0 Å². The van der Waals surface area contributed by atoms with Crippen LogP contribution in [0.1, 0.15) is 18.5 Å². The van der Waals surface area contributed by atoms with E-state index in [-0.39, 0.29) is 24.5 Å². The normalized spacial score (nSPS) is 16.4. The van der Waals surface area contributed by atoms with E-state index in [0.29, 0.717) is 5.69 Å². The second-order valence-corrected chi connectivity index (χ2v) is 4.93. The molecule has 3 rings (SSSR count). The summed E-state index contributed by atoms with van der Waals surface area (Å²) >= 11 is 0. The van der Waals surface area contributed by atoms with Crippen molar-refractivity contribution in [1.29, 1.82) is 0 Å². The van der Waals surface area contributed by atoms with Crippen molar-refractivity contribution in [3.63, 3.8) is 0 Å². The van der Waals surface area contributed by atoms with Crippen molar-refractivity contribution in [3.05, 3.63) is 60.4 Å². The van der Waals surface area contributed by atoms with Gasteiger partial charge in [0.15, 0.2) is 0 Å². The predicted octanol–water partition coefficient (Wildman–Crippen LogP) is 2.61. The molecular formula is C16H15N3O2. The van der Waals surface area contributed by atoms with Gasteiger partial charge in [0.2, 0.25) is 0 Å². The molecule has 1 saturated heterocycles. The lowest BCUT2D eigenvalue weighted by molar-refractivity contribution is -0.116. The highest BCUT2D eigenvalue weighted by molar-refractivity contribution is 6.19. The standard InChI is InChI=1S/C16H15N3O2/c1-12(13-5-3-2-4-6-13)18-11-15(20)19(16(18)21)14-7-9-17-10-8-14/h2-10,12H,11H2,1H3/t12-/m1/s1. The van der Waals surface area contributed by atoms with Crippen LogP contribution in [0.3, 0.4) is 0 Å². The molecule has 2 aromatic rings. The minimum Gasteiger partial charge on any atom is -0.308 e. The van der Waals surface area contributed by atoms with Gasteiger partial charge in [-0.25, -0.2) is 9.69 Å². The zero-order valence-electron chi connectivity index (χ0n) is 11.6. The molecule has 0 N–H and O–H groups in total. The first-order valence-corrected chi connectivity index (χ1v) is 6.77. The largest absolute Gasteiger partial charge is 0.332 e. The number of aromatic nitrogens is 1. The van der Waals surface area contributed by atoms with Crippen LogP contribution in [0.5, 0.6) is 0 Å². The molecule has 5 nitrogen and oxygen atoms in total. The summed E-state index contributed by atoms with van der Waals surface area (Å²) in [6, 6.07) is 12.6. The van der Waals surface area contributed by atoms with Gasteiger partial charge in [-0.05, 0) is 24.6 Å². The van der Waals surface area contributed by atoms with Crippen LogP contribution in [0.4, 0.5) is 10.5 Å². The van der Waals surface area contributed by atoms with E-state index in [1.807, 2.05) is 37.3 Å². The number of rotatable bonds is 3. The first-order chi connectivity index (χ1) is 10.2. The third-order valence-electron chi connectivity index (χ3n) is 3.66. The van der Waals surface area contributed by atoms with Crippen LogP contribution in [-0.4, -0.2) is 28.4 Å². The summed E-state index contributed by atoms with van der Waals surface area (Å²) in [5.74, 6) is -0.214. The predicted molar refractivity (Wildman–Crippen MR) is 78.7 cm³/mol. The number of carbonyl (C=O) groups is 2. The van der Waals surface area contributed by atoms with Crippen LogP contribution >= 0.6 is 0 Å². The monoisotopic (exact) mass is 281 g/mol. The van der Waals surface area contributed by atoms with Gasteiger partial charge in [0.25, 0.3) is 5.91 Å². The molecule has 1 fully saturated rings. The first-order valence-electron chi connectivity index (χ1n) is 6.77. The number of urea groups is 1. The van der Waals surface area contributed by atoms with E-state index in [0.717, 1.165) is 5.56 Å². The maximum atomic E-state index is 12.5. The van der Waals surface area contributed by atoms with Crippen LogP contribution in [0.2, 0.25) is 0 Å². The van der Waals surface area contributed by atoms with Gasteiger partial charge in [-0.15, -0.1) is 0 Å². The summed E-state index contributed by atoms with van der Waals surface area (Å²) < 4.78 is 0. The van der Waals surface area contributed by atoms with Crippen molar-refractivity contribution in [3.8, 4) is 0 Å². The fourth-order valence-electron chi connectivity index (χ4n) is 2.48. The van der Waals surface area contributed by atoms with Crippen LogP contribution in [0.15, 0.2) is 54.9 Å². The maximum Gasteiger partial charge on any atom is 0.332 e. The number of benzene rings is 1. The zero-order chi connectivity index (χ0) is 14.8. The topological polar surface area (TPSA) is 53.5 Å². The Hall–Kier alpha value is -2.69. The van der Waals surface area contributed by atoms with Crippen molar-refractivity contribution in [1.82, 2.24) is 9.88 Å². The van der Waals surface area contributed by atoms with Crippen LogP contribution in [0.25, 0.3) is 0 Å². The van der Waals surface area contributed by atoms with E-state index in [1.165, 1.54) is 4.90 Å². The van der Waals surface area contributed by atoms with Gasteiger partial charge in [-0.2, -0.15) is 0 Å². The van der Waals surface area contributed by atoms with Gasteiger partial charge in [-0.1, -0.05) is 30.3 Å². The minimum absolute atomic E-state index is 0.0945. The number of amides is 3. The Morgan fingerprint density at radius 3 is 2.38 bits per heavy atom. The highest BCUT2D eigenvalue weighted by atomic mass is 16.2. The number of hydrogen-bond acceptors (Lipinski definition) is 3. The lowest BCUT2D eigenvalue weighted by atomic mass is 10.1. The fourth-order valence-corrected chi connectivity index (χ4v) is 2.48. The Labute approximate surface area is 122 Å². The van der Waals surface area contributed by atoms with Crippen LogP contribution < -0.4 is 4.90 Å². The van der Waals surface area contributed by atoms with Crippen molar-refractivity contribution >= 4 is 17.6 Å². The number of imide groups is 1. The van der Waals surface area contributed by atoms with Crippen LogP contribution in [-0.2, 0) is 4.79 Å². The van der Waals surface area contributed by atoms with Crippen molar-refractivity contribution < 1.29 is 9.59 Å². The summed E-state index contributed by atoms with van der Waals surface area (Å²) in [5.41, 5.74) is 1.57. The molecule has 5 heteroatoms. The van der Waals surface area contributed by atoms with E-state index in [2.05, 4.69) is 4.98 Å². The molecule has 1 aromatic heterocycles. The summed E-state index contributed by atoms with van der Waals surface area (Å²) in [6.45, 7) is 2.02. The second kappa shape index (κ2) is 5.36. The molecule has 0 saturated carbocycles. The number of anilines is 1. The average molecular weight is 281 g/mol. The van der Waals surface area contributed by atoms with Gasteiger partial charge >= 0.3 is 6.03 Å². The average Bonchev–Trinajstić information content (AvgIpc) is 2.83. The SMILES string of the molecule is C[C@H](c1ccccc1)N1CC(=O)N(c2ccncc2)C1=O. The van der Waals surface area contributed by atoms with Crippen molar-refractivity contribution in [2.24, 2.45) is 0 Å². The van der Waals surface area contributed by atoms with Gasteiger partial charge in [0.05, 0.1) is 11.7 Å². The smallest absolute Gasteiger partial charge is 0.308 e. The summed E-state index contributed by atoms with van der Waals surface area (Å²) in [7, 11) is 0. The lowest BCUT2D eigenvalue weighted by Gasteiger charge is -2.24. The van der Waals surface area contributed by atoms with E-state index >= 15 is 0 Å². The van der Waals surface area contributed by atoms with Crippen LogP contribution in [0, 0.1) is 0 Å². The van der Waals surface area contributed by atoms with E-state index in [4.69, 9.17) is 0 Å². The molecule has 0 radical (unpaired) electrons. The minimum atomic E-state index is -0.289. The third-order valence-corrected chi connectivity index (χ3v) is 3.66. The molecule has 0 aliphatic carbocycles. The molecule has 0 unspecified atom stereocenters. The summed E-state index contributed by atoms with van der Waals surface area (Å²) in [4.78, 5) is 31.4. The van der Waals surface area contributed by atoms with Gasteiger partial charge < -0.3 is 4.90 Å². The van der Waals surface area contributed by atoms with E-state index in [1.54, 1.807) is 29.4 Å². The molecule has 3 amide bonds. The van der Waals surface area contributed by atoms with Gasteiger partial charge in [0.1, 0.15) is 6.54 Å². The van der Waals surface area contributed by atoms with E-state index in [9.17, 15) is 9.59 Å². The Bertz CT molecular complexity index is 658. The number of pyridine rings is 1.